The van der Waals surface area contributed by atoms with E-state index in [1.54, 1.807) is 30.3 Å². The monoisotopic (exact) mass is 527 g/mol. The van der Waals surface area contributed by atoms with Gasteiger partial charge in [0.2, 0.25) is 17.6 Å². The summed E-state index contributed by atoms with van der Waals surface area (Å²) in [5.41, 5.74) is 1.76. The van der Waals surface area contributed by atoms with Crippen molar-refractivity contribution in [2.45, 2.75) is 32.2 Å². The average Bonchev–Trinajstić information content (AvgIpc) is 3.57. The van der Waals surface area contributed by atoms with E-state index in [-0.39, 0.29) is 17.7 Å². The summed E-state index contributed by atoms with van der Waals surface area (Å²) in [5, 5.41) is 8.06. The van der Waals surface area contributed by atoms with Gasteiger partial charge in [0, 0.05) is 30.2 Å². The fraction of sp³-hybridized carbons (Fsp3) is 0.385. The molecule has 8 nitrogen and oxygen atoms in total. The third-order valence-corrected chi connectivity index (χ3v) is 7.23. The van der Waals surface area contributed by atoms with Crippen LogP contribution in [0.1, 0.15) is 41.9 Å². The van der Waals surface area contributed by atoms with Gasteiger partial charge < -0.3 is 14.7 Å². The molecular weight excluding hydrogens is 501 g/mol. The summed E-state index contributed by atoms with van der Waals surface area (Å²) in [6.07, 6.45) is 3.69. The molecule has 2 aliphatic rings. The molecule has 1 aromatic heterocycles. The van der Waals surface area contributed by atoms with E-state index in [1.165, 1.54) is 0 Å². The molecule has 2 aromatic carbocycles. The van der Waals surface area contributed by atoms with Crippen LogP contribution in [0.3, 0.4) is 0 Å². The highest BCUT2D eigenvalue weighted by molar-refractivity contribution is 6.36. The molecule has 2 aliphatic heterocycles. The highest BCUT2D eigenvalue weighted by Gasteiger charge is 2.29. The van der Waals surface area contributed by atoms with Gasteiger partial charge in [0.05, 0.1) is 28.7 Å². The van der Waals surface area contributed by atoms with Gasteiger partial charge in [-0.15, -0.1) is 0 Å². The van der Waals surface area contributed by atoms with Crippen LogP contribution in [0.5, 0.6) is 0 Å². The van der Waals surface area contributed by atoms with E-state index >= 15 is 0 Å². The molecule has 2 saturated heterocycles. The van der Waals surface area contributed by atoms with E-state index in [0.717, 1.165) is 45.3 Å². The molecule has 36 heavy (non-hydrogen) atoms. The van der Waals surface area contributed by atoms with Crippen LogP contribution < -0.4 is 5.32 Å². The molecule has 0 bridgehead atoms. The molecule has 1 unspecified atom stereocenters. The molecule has 0 radical (unpaired) electrons. The third-order valence-electron chi connectivity index (χ3n) is 6.68. The van der Waals surface area contributed by atoms with Crippen molar-refractivity contribution in [3.63, 3.8) is 0 Å². The zero-order valence-corrected chi connectivity index (χ0v) is 21.3. The Morgan fingerprint density at radius 2 is 1.86 bits per heavy atom. The number of nitrogens with zero attached hydrogens (tertiary/aromatic N) is 4. The molecule has 5 rings (SSSR count). The highest BCUT2D eigenvalue weighted by Crippen LogP contribution is 2.29. The number of amides is 2. The third kappa shape index (κ3) is 5.56. The number of carbonyl (C=O) groups is 2. The van der Waals surface area contributed by atoms with Crippen molar-refractivity contribution in [1.82, 2.24) is 19.9 Å². The molecule has 0 aliphatic carbocycles. The standard InChI is InChI=1S/C26H27Cl2N5O3/c27-18-9-10-19(21(28)14-18)24-30-23(36-31-24)16-32-11-5-6-17(15-32)25(34)29-22-8-2-1-7-20(22)26(35)33-12-3-4-13-33/h1-2,7-10,14,17H,3-6,11-13,15-16H2,(H,29,34). The van der Waals surface area contributed by atoms with Crippen LogP contribution in [0.25, 0.3) is 11.4 Å². The van der Waals surface area contributed by atoms with Gasteiger partial charge in [-0.2, -0.15) is 4.98 Å². The Kier molecular flexibility index (Phi) is 7.55. The molecule has 188 valence electrons. The molecule has 1 N–H and O–H groups in total. The Balaban J connectivity index is 1.22. The van der Waals surface area contributed by atoms with E-state index in [2.05, 4.69) is 20.4 Å². The first-order valence-electron chi connectivity index (χ1n) is 12.2. The topological polar surface area (TPSA) is 91.6 Å². The van der Waals surface area contributed by atoms with Crippen molar-refractivity contribution >= 4 is 40.7 Å². The maximum absolute atomic E-state index is 13.2. The maximum Gasteiger partial charge on any atom is 0.255 e. The van der Waals surface area contributed by atoms with Gasteiger partial charge in [-0.3, -0.25) is 14.5 Å². The van der Waals surface area contributed by atoms with Gasteiger partial charge >= 0.3 is 0 Å². The minimum Gasteiger partial charge on any atom is -0.339 e. The number of carbonyl (C=O) groups excluding carboxylic acids is 2. The van der Waals surface area contributed by atoms with Crippen LogP contribution in [0.4, 0.5) is 5.69 Å². The summed E-state index contributed by atoms with van der Waals surface area (Å²) < 4.78 is 5.45. The molecule has 2 fully saturated rings. The Hall–Kier alpha value is -2.94. The minimum absolute atomic E-state index is 0.0262. The lowest BCUT2D eigenvalue weighted by Crippen LogP contribution is -2.40. The number of likely N-dealkylation sites (tertiary alicyclic amines) is 2. The van der Waals surface area contributed by atoms with E-state index in [0.29, 0.717) is 51.7 Å². The Morgan fingerprint density at radius 3 is 2.67 bits per heavy atom. The largest absolute Gasteiger partial charge is 0.339 e. The summed E-state index contributed by atoms with van der Waals surface area (Å²) in [6.45, 7) is 3.35. The first-order valence-corrected chi connectivity index (χ1v) is 12.9. The predicted molar refractivity (Wildman–Crippen MR) is 138 cm³/mol. The number of anilines is 1. The van der Waals surface area contributed by atoms with Gasteiger partial charge in [-0.05, 0) is 62.6 Å². The predicted octanol–water partition coefficient (Wildman–Crippen LogP) is 5.13. The number of hydrogen-bond donors (Lipinski definition) is 1. The number of para-hydroxylation sites is 1. The van der Waals surface area contributed by atoms with Gasteiger partial charge in [-0.1, -0.05) is 40.5 Å². The SMILES string of the molecule is O=C(Nc1ccccc1C(=O)N1CCCC1)C1CCCN(Cc2nc(-c3ccc(Cl)cc3Cl)no2)C1. The van der Waals surface area contributed by atoms with Crippen molar-refractivity contribution in [2.24, 2.45) is 5.92 Å². The lowest BCUT2D eigenvalue weighted by Gasteiger charge is -2.31. The smallest absolute Gasteiger partial charge is 0.255 e. The number of hydrogen-bond acceptors (Lipinski definition) is 6. The van der Waals surface area contributed by atoms with Crippen molar-refractivity contribution in [1.29, 1.82) is 0 Å². The van der Waals surface area contributed by atoms with E-state index in [9.17, 15) is 9.59 Å². The fourth-order valence-corrected chi connectivity index (χ4v) is 5.30. The lowest BCUT2D eigenvalue weighted by molar-refractivity contribution is -0.121. The van der Waals surface area contributed by atoms with Crippen LogP contribution in [-0.2, 0) is 11.3 Å². The van der Waals surface area contributed by atoms with Crippen molar-refractivity contribution in [2.75, 3.05) is 31.5 Å². The summed E-state index contributed by atoms with van der Waals surface area (Å²) >= 11 is 12.2. The van der Waals surface area contributed by atoms with Crippen LogP contribution >= 0.6 is 23.2 Å². The van der Waals surface area contributed by atoms with Gasteiger partial charge in [0.1, 0.15) is 0 Å². The second kappa shape index (κ2) is 11.0. The number of halogens is 2. The maximum atomic E-state index is 13.2. The average molecular weight is 528 g/mol. The second-order valence-electron chi connectivity index (χ2n) is 9.24. The van der Waals surface area contributed by atoms with Crippen LogP contribution in [-0.4, -0.2) is 57.9 Å². The van der Waals surface area contributed by atoms with Crippen LogP contribution in [0.2, 0.25) is 10.0 Å². The fourth-order valence-electron chi connectivity index (χ4n) is 4.81. The molecule has 10 heteroatoms. The zero-order valence-electron chi connectivity index (χ0n) is 19.8. The molecule has 3 aromatic rings. The Morgan fingerprint density at radius 1 is 1.06 bits per heavy atom. The number of piperidine rings is 1. The van der Waals surface area contributed by atoms with Crippen LogP contribution in [0, 0.1) is 5.92 Å². The van der Waals surface area contributed by atoms with Crippen molar-refractivity contribution in [3.8, 4) is 11.4 Å². The number of benzene rings is 2. The summed E-state index contributed by atoms with van der Waals surface area (Å²) in [7, 11) is 0. The quantitative estimate of drug-likeness (QED) is 0.477. The molecule has 0 saturated carbocycles. The molecular formula is C26H27Cl2N5O3. The summed E-state index contributed by atoms with van der Waals surface area (Å²) in [6, 6.07) is 12.4. The summed E-state index contributed by atoms with van der Waals surface area (Å²) in [5.74, 6) is 0.542. The number of aromatic nitrogens is 2. The van der Waals surface area contributed by atoms with Gasteiger partial charge in [-0.25, -0.2) is 0 Å². The highest BCUT2D eigenvalue weighted by atomic mass is 35.5. The van der Waals surface area contributed by atoms with Gasteiger partial charge in [0.25, 0.3) is 5.91 Å². The molecule has 3 heterocycles. The number of nitrogens with one attached hydrogen (secondary N) is 1. The lowest BCUT2D eigenvalue weighted by atomic mass is 9.96. The first-order chi connectivity index (χ1) is 17.5. The van der Waals surface area contributed by atoms with Crippen molar-refractivity contribution < 1.29 is 14.1 Å². The molecule has 2 amide bonds. The molecule has 1 atom stereocenters. The van der Waals surface area contributed by atoms with Crippen molar-refractivity contribution in [3.05, 3.63) is 64.0 Å². The Bertz CT molecular complexity index is 1260. The minimum atomic E-state index is -0.207. The van der Waals surface area contributed by atoms with E-state index in [1.807, 2.05) is 17.0 Å². The second-order valence-corrected chi connectivity index (χ2v) is 10.1. The normalized spacial score (nSPS) is 18.4. The van der Waals surface area contributed by atoms with Crippen LogP contribution in [0.15, 0.2) is 47.0 Å². The van der Waals surface area contributed by atoms with E-state index in [4.69, 9.17) is 27.7 Å². The van der Waals surface area contributed by atoms with Gasteiger partial charge in [0.15, 0.2) is 0 Å². The molecule has 0 spiro atoms. The zero-order chi connectivity index (χ0) is 25.1. The number of rotatable bonds is 6. The summed E-state index contributed by atoms with van der Waals surface area (Å²) in [4.78, 5) is 34.6. The van der Waals surface area contributed by atoms with E-state index < -0.39 is 0 Å². The Labute approximate surface area is 219 Å². The first kappa shape index (κ1) is 24.7.